The van der Waals surface area contributed by atoms with Crippen LogP contribution in [0.1, 0.15) is 12.8 Å². The first-order chi connectivity index (χ1) is 8.75. The normalized spacial score (nSPS) is 15.2. The van der Waals surface area contributed by atoms with Gasteiger partial charge in [0.2, 0.25) is 0 Å². The maximum absolute atomic E-state index is 4.37. The monoisotopic (exact) mass is 246 g/mol. The first-order valence-electron chi connectivity index (χ1n) is 6.33. The summed E-state index contributed by atoms with van der Waals surface area (Å²) in [7, 11) is 3.96. The van der Waals surface area contributed by atoms with Crippen LogP contribution in [0.5, 0.6) is 0 Å². The van der Waals surface area contributed by atoms with Crippen molar-refractivity contribution >= 4 is 16.9 Å². The smallest absolute Gasteiger partial charge is 0.163 e. The van der Waals surface area contributed by atoms with Gasteiger partial charge in [0.1, 0.15) is 12.1 Å². The van der Waals surface area contributed by atoms with E-state index in [-0.39, 0.29) is 0 Å². The number of hydrogen-bond acceptors (Lipinski definition) is 5. The average molecular weight is 246 g/mol. The molecule has 0 radical (unpaired) electrons. The van der Waals surface area contributed by atoms with Crippen LogP contribution in [0.2, 0.25) is 0 Å². The third-order valence-electron chi connectivity index (χ3n) is 3.33. The Morgan fingerprint density at radius 3 is 3.06 bits per heavy atom. The van der Waals surface area contributed by atoms with Crippen LogP contribution in [0.15, 0.2) is 12.5 Å². The van der Waals surface area contributed by atoms with Crippen molar-refractivity contribution in [2.45, 2.75) is 18.9 Å². The highest BCUT2D eigenvalue weighted by Crippen LogP contribution is 2.21. The second kappa shape index (κ2) is 4.53. The average Bonchev–Trinajstić information content (AvgIpc) is 3.12. The van der Waals surface area contributed by atoms with Gasteiger partial charge in [-0.2, -0.15) is 5.10 Å². The van der Waals surface area contributed by atoms with Crippen molar-refractivity contribution < 1.29 is 0 Å². The molecule has 6 heteroatoms. The second-order valence-corrected chi connectivity index (χ2v) is 4.85. The third kappa shape index (κ3) is 2.15. The zero-order chi connectivity index (χ0) is 12.5. The minimum atomic E-state index is 0.752. The van der Waals surface area contributed by atoms with Crippen LogP contribution in [0.4, 0.5) is 5.82 Å². The van der Waals surface area contributed by atoms with Gasteiger partial charge in [0, 0.05) is 33.2 Å². The Labute approximate surface area is 106 Å². The quantitative estimate of drug-likeness (QED) is 0.835. The Balaban J connectivity index is 1.75. The fourth-order valence-electron chi connectivity index (χ4n) is 2.08. The molecule has 3 rings (SSSR count). The summed E-state index contributed by atoms with van der Waals surface area (Å²) in [4.78, 5) is 10.8. The Hall–Kier alpha value is -1.69. The summed E-state index contributed by atoms with van der Waals surface area (Å²) in [5.41, 5.74) is 0.877. The lowest BCUT2D eigenvalue weighted by Gasteiger charge is -2.18. The summed E-state index contributed by atoms with van der Waals surface area (Å²) < 4.78 is 1.77. The highest BCUT2D eigenvalue weighted by molar-refractivity contribution is 5.86. The van der Waals surface area contributed by atoms with E-state index < -0.39 is 0 Å². The van der Waals surface area contributed by atoms with Crippen molar-refractivity contribution in [3.8, 4) is 0 Å². The SMILES string of the molecule is CN(CCNC1CC1)c1ncnc2c1cnn2C. The summed E-state index contributed by atoms with van der Waals surface area (Å²) in [5.74, 6) is 0.950. The number of nitrogens with one attached hydrogen (secondary N) is 1. The molecule has 2 aromatic rings. The number of likely N-dealkylation sites (N-methyl/N-ethyl adjacent to an activating group) is 1. The molecule has 1 fully saturated rings. The van der Waals surface area contributed by atoms with Gasteiger partial charge < -0.3 is 10.2 Å². The highest BCUT2D eigenvalue weighted by Gasteiger charge is 2.20. The van der Waals surface area contributed by atoms with Crippen molar-refractivity contribution in [3.63, 3.8) is 0 Å². The Morgan fingerprint density at radius 2 is 2.28 bits per heavy atom. The molecule has 0 atom stereocenters. The molecule has 0 unspecified atom stereocenters. The van der Waals surface area contributed by atoms with Crippen LogP contribution in [0.25, 0.3) is 11.0 Å². The minimum absolute atomic E-state index is 0.752. The van der Waals surface area contributed by atoms with E-state index in [1.54, 1.807) is 11.0 Å². The predicted molar refractivity (Wildman–Crippen MR) is 70.6 cm³/mol. The van der Waals surface area contributed by atoms with Crippen molar-refractivity contribution in [3.05, 3.63) is 12.5 Å². The van der Waals surface area contributed by atoms with Crippen molar-refractivity contribution in [1.82, 2.24) is 25.1 Å². The van der Waals surface area contributed by atoms with Gasteiger partial charge in [0.25, 0.3) is 0 Å². The molecule has 1 aliphatic rings. The first kappa shape index (κ1) is 11.4. The van der Waals surface area contributed by atoms with E-state index in [1.807, 2.05) is 13.2 Å². The largest absolute Gasteiger partial charge is 0.358 e. The van der Waals surface area contributed by atoms with Gasteiger partial charge in [-0.1, -0.05) is 0 Å². The van der Waals surface area contributed by atoms with Gasteiger partial charge in [-0.15, -0.1) is 0 Å². The van der Waals surface area contributed by atoms with E-state index in [1.165, 1.54) is 12.8 Å². The molecule has 0 saturated heterocycles. The molecule has 2 heterocycles. The van der Waals surface area contributed by atoms with Gasteiger partial charge in [-0.3, -0.25) is 4.68 Å². The zero-order valence-corrected chi connectivity index (χ0v) is 10.8. The second-order valence-electron chi connectivity index (χ2n) is 4.85. The first-order valence-corrected chi connectivity index (χ1v) is 6.33. The molecule has 2 aromatic heterocycles. The van der Waals surface area contributed by atoms with Gasteiger partial charge in [0.15, 0.2) is 5.65 Å². The third-order valence-corrected chi connectivity index (χ3v) is 3.33. The molecule has 1 N–H and O–H groups in total. The minimum Gasteiger partial charge on any atom is -0.358 e. The summed E-state index contributed by atoms with van der Waals surface area (Å²) in [6, 6.07) is 0.752. The molecule has 0 aliphatic heterocycles. The predicted octanol–water partition coefficient (Wildman–Crippen LogP) is 0.551. The number of hydrogen-bond donors (Lipinski definition) is 1. The van der Waals surface area contributed by atoms with E-state index in [2.05, 4.69) is 32.3 Å². The van der Waals surface area contributed by atoms with Crippen molar-refractivity contribution in [2.75, 3.05) is 25.0 Å². The lowest BCUT2D eigenvalue weighted by molar-refractivity contribution is 0.673. The van der Waals surface area contributed by atoms with Crippen LogP contribution in [-0.4, -0.2) is 45.9 Å². The topological polar surface area (TPSA) is 58.9 Å². The lowest BCUT2D eigenvalue weighted by atomic mass is 10.3. The molecular formula is C12H18N6. The molecule has 96 valence electrons. The maximum atomic E-state index is 4.37. The standard InChI is InChI=1S/C12H18N6/c1-17(6-5-13-9-3-4-9)11-10-7-16-18(2)12(10)15-8-14-11/h7-9,13H,3-6H2,1-2H3. The van der Waals surface area contributed by atoms with Gasteiger partial charge in [0.05, 0.1) is 11.6 Å². The molecule has 0 spiro atoms. The fourth-order valence-corrected chi connectivity index (χ4v) is 2.08. The maximum Gasteiger partial charge on any atom is 0.163 e. The number of aryl methyl sites for hydroxylation is 1. The Morgan fingerprint density at radius 1 is 1.44 bits per heavy atom. The van der Waals surface area contributed by atoms with E-state index in [4.69, 9.17) is 0 Å². The van der Waals surface area contributed by atoms with E-state index in [0.717, 1.165) is 36.0 Å². The van der Waals surface area contributed by atoms with Crippen LogP contribution < -0.4 is 10.2 Å². The highest BCUT2D eigenvalue weighted by atomic mass is 15.3. The number of fused-ring (bicyclic) bond motifs is 1. The Bertz CT molecular complexity index is 544. The van der Waals surface area contributed by atoms with Crippen LogP contribution in [0.3, 0.4) is 0 Å². The molecule has 0 aromatic carbocycles. The van der Waals surface area contributed by atoms with Gasteiger partial charge >= 0.3 is 0 Å². The van der Waals surface area contributed by atoms with Crippen molar-refractivity contribution in [1.29, 1.82) is 0 Å². The number of anilines is 1. The number of aromatic nitrogens is 4. The zero-order valence-electron chi connectivity index (χ0n) is 10.8. The van der Waals surface area contributed by atoms with Crippen LogP contribution in [0, 0.1) is 0 Å². The number of rotatable bonds is 5. The van der Waals surface area contributed by atoms with Crippen LogP contribution >= 0.6 is 0 Å². The Kier molecular flexibility index (Phi) is 2.87. The molecule has 1 saturated carbocycles. The summed E-state index contributed by atoms with van der Waals surface area (Å²) >= 11 is 0. The van der Waals surface area contributed by atoms with E-state index >= 15 is 0 Å². The van der Waals surface area contributed by atoms with Gasteiger partial charge in [-0.05, 0) is 12.8 Å². The van der Waals surface area contributed by atoms with E-state index in [0.29, 0.717) is 0 Å². The molecule has 18 heavy (non-hydrogen) atoms. The summed E-state index contributed by atoms with van der Waals surface area (Å²) in [6.45, 7) is 1.93. The molecule has 6 nitrogen and oxygen atoms in total. The molecule has 0 amide bonds. The van der Waals surface area contributed by atoms with Crippen molar-refractivity contribution in [2.24, 2.45) is 7.05 Å². The van der Waals surface area contributed by atoms with Crippen LogP contribution in [-0.2, 0) is 7.05 Å². The van der Waals surface area contributed by atoms with Gasteiger partial charge in [-0.25, -0.2) is 9.97 Å². The number of nitrogens with zero attached hydrogens (tertiary/aromatic N) is 5. The molecule has 1 aliphatic carbocycles. The summed E-state index contributed by atoms with van der Waals surface area (Å²) in [5, 5.41) is 8.74. The lowest BCUT2D eigenvalue weighted by Crippen LogP contribution is -2.30. The molecule has 0 bridgehead atoms. The molecular weight excluding hydrogens is 228 g/mol. The fraction of sp³-hybridized carbons (Fsp3) is 0.583. The summed E-state index contributed by atoms with van der Waals surface area (Å²) in [6.07, 6.45) is 6.08. The van der Waals surface area contributed by atoms with E-state index in [9.17, 15) is 0 Å².